The molecule has 1 rings (SSSR count). The number of hydrazine groups is 1. The van der Waals surface area contributed by atoms with Gasteiger partial charge in [0.25, 0.3) is 0 Å². The van der Waals surface area contributed by atoms with E-state index in [2.05, 4.69) is 0 Å². The van der Waals surface area contributed by atoms with Crippen molar-refractivity contribution in [1.29, 1.82) is 0 Å². The van der Waals surface area contributed by atoms with Crippen molar-refractivity contribution in [2.45, 2.75) is 33.6 Å². The lowest BCUT2D eigenvalue weighted by Crippen LogP contribution is -2.25. The molecule has 3 nitrogen and oxygen atoms in total. The highest BCUT2D eigenvalue weighted by molar-refractivity contribution is 5.13. The minimum Gasteiger partial charge on any atom is -0.401 e. The monoisotopic (exact) mass is 181 g/mol. The predicted octanol–water partition coefficient (Wildman–Crippen LogP) is 1.69. The maximum absolute atomic E-state index is 5.83. The standard InChI is InChI=1S/C10H19N3/c1-7(2)8(3)13(12)6-10(11)9-4-5-9/h6,9H,4-5,11-12H2,1-3H3/b10-6-. The first kappa shape index (κ1) is 10.1. The van der Waals surface area contributed by atoms with Gasteiger partial charge in [0.1, 0.15) is 0 Å². The highest BCUT2D eigenvalue weighted by Gasteiger charge is 2.24. The molecule has 0 saturated heterocycles. The lowest BCUT2D eigenvalue weighted by atomic mass is 10.2. The Hall–Kier alpha value is -0.960. The molecule has 0 unspecified atom stereocenters. The van der Waals surface area contributed by atoms with Gasteiger partial charge in [-0.25, -0.2) is 5.84 Å². The van der Waals surface area contributed by atoms with Crippen molar-refractivity contribution in [2.24, 2.45) is 17.5 Å². The summed E-state index contributed by atoms with van der Waals surface area (Å²) in [5, 5.41) is 1.61. The number of rotatable bonds is 3. The molecule has 74 valence electrons. The Bertz CT molecular complexity index is 245. The summed E-state index contributed by atoms with van der Waals surface area (Å²) in [6.45, 7) is 6.07. The van der Waals surface area contributed by atoms with Crippen LogP contribution in [0.5, 0.6) is 0 Å². The van der Waals surface area contributed by atoms with Crippen molar-refractivity contribution < 1.29 is 0 Å². The van der Waals surface area contributed by atoms with E-state index < -0.39 is 0 Å². The molecule has 13 heavy (non-hydrogen) atoms. The summed E-state index contributed by atoms with van der Waals surface area (Å²) in [5.74, 6) is 6.38. The number of nitrogens with zero attached hydrogens (tertiary/aromatic N) is 1. The number of nitrogens with two attached hydrogens (primary N) is 2. The second-order valence-corrected chi connectivity index (χ2v) is 3.90. The topological polar surface area (TPSA) is 55.3 Å². The van der Waals surface area contributed by atoms with Crippen LogP contribution in [-0.4, -0.2) is 5.01 Å². The van der Waals surface area contributed by atoms with Crippen LogP contribution in [0.4, 0.5) is 0 Å². The molecule has 1 aliphatic carbocycles. The fourth-order valence-electron chi connectivity index (χ4n) is 1.04. The molecule has 0 amide bonds. The van der Waals surface area contributed by atoms with Crippen molar-refractivity contribution in [1.82, 2.24) is 5.01 Å². The summed E-state index contributed by atoms with van der Waals surface area (Å²) in [5.41, 5.74) is 9.01. The molecule has 1 fully saturated rings. The Labute approximate surface area is 80.0 Å². The maximum Gasteiger partial charge on any atom is 0.0400 e. The molecule has 1 aliphatic rings. The molecule has 0 spiro atoms. The average Bonchev–Trinajstić information content (AvgIpc) is 2.84. The molecule has 4 N–H and O–H groups in total. The smallest absolute Gasteiger partial charge is 0.0400 e. The number of hydrogen-bond donors (Lipinski definition) is 2. The Morgan fingerprint density at radius 2 is 1.85 bits per heavy atom. The molecular formula is C10H19N3. The molecular weight excluding hydrogens is 162 g/mol. The molecule has 3 heteroatoms. The van der Waals surface area contributed by atoms with E-state index in [9.17, 15) is 0 Å². The highest BCUT2D eigenvalue weighted by Crippen LogP contribution is 2.33. The van der Waals surface area contributed by atoms with Gasteiger partial charge in [0.2, 0.25) is 0 Å². The average molecular weight is 181 g/mol. The second-order valence-electron chi connectivity index (χ2n) is 3.90. The van der Waals surface area contributed by atoms with Crippen molar-refractivity contribution in [3.8, 4) is 0 Å². The summed E-state index contributed by atoms with van der Waals surface area (Å²) < 4.78 is 0. The Morgan fingerprint density at radius 1 is 1.31 bits per heavy atom. The van der Waals surface area contributed by atoms with E-state index in [1.54, 1.807) is 5.01 Å². The normalized spacial score (nSPS) is 17.1. The molecule has 0 aromatic carbocycles. The van der Waals surface area contributed by atoms with Gasteiger partial charge < -0.3 is 5.73 Å². The van der Waals surface area contributed by atoms with Gasteiger partial charge in [-0.05, 0) is 33.6 Å². The Kier molecular flexibility index (Phi) is 2.98. The summed E-state index contributed by atoms with van der Waals surface area (Å²) in [6.07, 6.45) is 4.26. The lowest BCUT2D eigenvalue weighted by molar-refractivity contribution is 0.479. The lowest BCUT2D eigenvalue weighted by Gasteiger charge is -2.17. The molecule has 0 aromatic rings. The molecule has 0 aliphatic heterocycles. The summed E-state index contributed by atoms with van der Waals surface area (Å²) in [6, 6.07) is 0. The van der Waals surface area contributed by atoms with Gasteiger partial charge in [0.05, 0.1) is 0 Å². The van der Waals surface area contributed by atoms with Crippen LogP contribution >= 0.6 is 0 Å². The zero-order chi connectivity index (χ0) is 10.0. The van der Waals surface area contributed by atoms with Crippen molar-refractivity contribution in [2.75, 3.05) is 0 Å². The molecule has 0 atom stereocenters. The fraction of sp³-hybridized carbons (Fsp3) is 0.600. The molecule has 1 saturated carbocycles. The van der Waals surface area contributed by atoms with Gasteiger partial charge >= 0.3 is 0 Å². The number of hydrogen-bond acceptors (Lipinski definition) is 3. The molecule has 0 aromatic heterocycles. The summed E-state index contributed by atoms with van der Waals surface area (Å²) >= 11 is 0. The van der Waals surface area contributed by atoms with E-state index in [0.29, 0.717) is 5.92 Å². The fourth-order valence-corrected chi connectivity index (χ4v) is 1.04. The van der Waals surface area contributed by atoms with E-state index in [4.69, 9.17) is 11.6 Å². The third kappa shape index (κ3) is 2.77. The minimum atomic E-state index is 0.580. The van der Waals surface area contributed by atoms with Crippen molar-refractivity contribution in [3.05, 3.63) is 23.2 Å². The van der Waals surface area contributed by atoms with Crippen molar-refractivity contribution in [3.63, 3.8) is 0 Å². The SMILES string of the molecule is CC(C)=C(C)N(N)/C=C(\N)C1CC1. The predicted molar refractivity (Wildman–Crippen MR) is 55.1 cm³/mol. The van der Waals surface area contributed by atoms with Crippen molar-refractivity contribution >= 4 is 0 Å². The summed E-state index contributed by atoms with van der Waals surface area (Å²) in [7, 11) is 0. The van der Waals surface area contributed by atoms with Crippen LogP contribution in [0, 0.1) is 5.92 Å². The van der Waals surface area contributed by atoms with E-state index in [-0.39, 0.29) is 0 Å². The van der Waals surface area contributed by atoms with Crippen LogP contribution in [0.1, 0.15) is 33.6 Å². The Morgan fingerprint density at radius 3 is 2.23 bits per heavy atom. The van der Waals surface area contributed by atoms with Gasteiger partial charge in [-0.15, -0.1) is 0 Å². The first-order valence-electron chi connectivity index (χ1n) is 4.67. The molecule has 0 heterocycles. The van der Waals surface area contributed by atoms with E-state index in [1.165, 1.54) is 18.4 Å². The minimum absolute atomic E-state index is 0.580. The van der Waals surface area contributed by atoms with E-state index in [1.807, 2.05) is 27.0 Å². The second kappa shape index (κ2) is 3.83. The van der Waals surface area contributed by atoms with Crippen LogP contribution in [-0.2, 0) is 0 Å². The van der Waals surface area contributed by atoms with Gasteiger partial charge in [-0.2, -0.15) is 0 Å². The van der Waals surface area contributed by atoms with E-state index >= 15 is 0 Å². The molecule has 0 bridgehead atoms. The first-order valence-corrected chi connectivity index (χ1v) is 4.67. The van der Waals surface area contributed by atoms with Gasteiger partial charge in [-0.3, -0.25) is 5.01 Å². The van der Waals surface area contributed by atoms with Gasteiger partial charge in [0.15, 0.2) is 0 Å². The maximum atomic E-state index is 5.83. The van der Waals surface area contributed by atoms with Crippen LogP contribution in [0.15, 0.2) is 23.2 Å². The van der Waals surface area contributed by atoms with Crippen LogP contribution in [0.3, 0.4) is 0 Å². The highest BCUT2D eigenvalue weighted by atomic mass is 15.4. The zero-order valence-corrected chi connectivity index (χ0v) is 8.67. The largest absolute Gasteiger partial charge is 0.401 e. The number of allylic oxidation sites excluding steroid dienone is 3. The summed E-state index contributed by atoms with van der Waals surface area (Å²) in [4.78, 5) is 0. The van der Waals surface area contributed by atoms with Crippen LogP contribution in [0.2, 0.25) is 0 Å². The van der Waals surface area contributed by atoms with Crippen LogP contribution in [0.25, 0.3) is 0 Å². The van der Waals surface area contributed by atoms with Gasteiger partial charge in [-0.1, -0.05) is 5.57 Å². The van der Waals surface area contributed by atoms with Crippen LogP contribution < -0.4 is 11.6 Å². The molecule has 0 radical (unpaired) electrons. The zero-order valence-electron chi connectivity index (χ0n) is 8.67. The third-order valence-corrected chi connectivity index (χ3v) is 2.45. The van der Waals surface area contributed by atoms with E-state index in [0.717, 1.165) is 11.4 Å². The first-order chi connectivity index (χ1) is 6.02. The quantitative estimate of drug-likeness (QED) is 0.514. The van der Waals surface area contributed by atoms with Gasteiger partial charge in [0, 0.05) is 23.5 Å². The Balaban J connectivity index is 2.62. The third-order valence-electron chi connectivity index (χ3n) is 2.45.